The molecule has 1 aromatic carbocycles. The summed E-state index contributed by atoms with van der Waals surface area (Å²) in [4.78, 5) is 6.70. The number of anilines is 1. The van der Waals surface area contributed by atoms with Gasteiger partial charge in [0.25, 0.3) is 0 Å². The van der Waals surface area contributed by atoms with Gasteiger partial charge in [-0.2, -0.15) is 0 Å². The molecule has 3 rings (SSSR count). The van der Waals surface area contributed by atoms with Crippen LogP contribution in [0.2, 0.25) is 0 Å². The number of rotatable bonds is 2. The van der Waals surface area contributed by atoms with Crippen LogP contribution in [0.15, 0.2) is 36.5 Å². The molecule has 3 heteroatoms. The first-order valence-corrected chi connectivity index (χ1v) is 6.25. The van der Waals surface area contributed by atoms with Crippen molar-refractivity contribution in [3.63, 3.8) is 0 Å². The van der Waals surface area contributed by atoms with Gasteiger partial charge in [0.2, 0.25) is 0 Å². The van der Waals surface area contributed by atoms with E-state index in [4.69, 9.17) is 5.73 Å². The number of pyridine rings is 1. The maximum atomic E-state index is 5.81. The van der Waals surface area contributed by atoms with E-state index in [0.717, 1.165) is 24.3 Å². The van der Waals surface area contributed by atoms with Gasteiger partial charge in [0.1, 0.15) is 0 Å². The fourth-order valence-corrected chi connectivity index (χ4v) is 2.53. The van der Waals surface area contributed by atoms with E-state index in [-0.39, 0.29) is 0 Å². The zero-order valence-corrected chi connectivity index (χ0v) is 10.6. The van der Waals surface area contributed by atoms with Crippen molar-refractivity contribution < 1.29 is 0 Å². The first-order chi connectivity index (χ1) is 8.78. The molecule has 0 spiro atoms. The summed E-state index contributed by atoms with van der Waals surface area (Å²) < 4.78 is 0. The molecular weight excluding hydrogens is 222 g/mol. The minimum absolute atomic E-state index is 0.537. The van der Waals surface area contributed by atoms with Gasteiger partial charge in [-0.3, -0.25) is 4.98 Å². The predicted octanol–water partition coefficient (Wildman–Crippen LogP) is 2.37. The average molecular weight is 239 g/mol. The molecule has 3 nitrogen and oxygen atoms in total. The molecule has 92 valence electrons. The second-order valence-corrected chi connectivity index (χ2v) is 4.78. The van der Waals surface area contributed by atoms with Crippen molar-refractivity contribution in [2.45, 2.75) is 26.6 Å². The Hall–Kier alpha value is -1.87. The van der Waals surface area contributed by atoms with Gasteiger partial charge in [-0.15, -0.1) is 0 Å². The molecular formula is C15H17N3. The zero-order valence-electron chi connectivity index (χ0n) is 10.6. The van der Waals surface area contributed by atoms with E-state index in [9.17, 15) is 0 Å². The highest BCUT2D eigenvalue weighted by Gasteiger charge is 2.20. The molecule has 1 aromatic heterocycles. The molecule has 1 aliphatic rings. The molecule has 0 aliphatic carbocycles. The van der Waals surface area contributed by atoms with E-state index in [1.807, 2.05) is 13.1 Å². The van der Waals surface area contributed by atoms with E-state index in [1.165, 1.54) is 16.8 Å². The summed E-state index contributed by atoms with van der Waals surface area (Å²) in [5, 5.41) is 0. The van der Waals surface area contributed by atoms with Crippen LogP contribution in [0.4, 0.5) is 5.69 Å². The smallest absolute Gasteiger partial charge is 0.0451 e. The Morgan fingerprint density at radius 1 is 1.22 bits per heavy atom. The van der Waals surface area contributed by atoms with Crippen LogP contribution in [0.25, 0.3) is 0 Å². The second-order valence-electron chi connectivity index (χ2n) is 4.78. The van der Waals surface area contributed by atoms with Crippen LogP contribution in [0.5, 0.6) is 0 Å². The minimum atomic E-state index is 0.537. The van der Waals surface area contributed by atoms with Crippen LogP contribution >= 0.6 is 0 Å². The Kier molecular flexibility index (Phi) is 2.76. The lowest BCUT2D eigenvalue weighted by Gasteiger charge is -2.21. The van der Waals surface area contributed by atoms with Gasteiger partial charge in [-0.05, 0) is 24.1 Å². The Morgan fingerprint density at radius 2 is 1.89 bits per heavy atom. The molecule has 0 unspecified atom stereocenters. The van der Waals surface area contributed by atoms with Gasteiger partial charge in [0, 0.05) is 42.8 Å². The summed E-state index contributed by atoms with van der Waals surface area (Å²) in [6.45, 7) is 4.49. The number of aryl methyl sites for hydroxylation is 1. The molecule has 2 N–H and O–H groups in total. The second kappa shape index (κ2) is 4.42. The topological polar surface area (TPSA) is 42.1 Å². The Morgan fingerprint density at radius 3 is 2.50 bits per heavy atom. The lowest BCUT2D eigenvalue weighted by atomic mass is 10.1. The van der Waals surface area contributed by atoms with Crippen molar-refractivity contribution >= 4 is 5.69 Å². The molecule has 18 heavy (non-hydrogen) atoms. The SMILES string of the molecule is Cc1cc(N2Cc3ccccc3C2)c(CN)cn1. The first-order valence-electron chi connectivity index (χ1n) is 6.25. The van der Waals surface area contributed by atoms with E-state index in [0.29, 0.717) is 6.54 Å². The molecule has 2 heterocycles. The largest absolute Gasteiger partial charge is 0.362 e. The van der Waals surface area contributed by atoms with Crippen molar-refractivity contribution in [3.8, 4) is 0 Å². The van der Waals surface area contributed by atoms with E-state index in [1.54, 1.807) is 0 Å². The summed E-state index contributed by atoms with van der Waals surface area (Å²) in [5.41, 5.74) is 12.0. The third-order valence-electron chi connectivity index (χ3n) is 3.50. The van der Waals surface area contributed by atoms with Gasteiger partial charge < -0.3 is 10.6 Å². The van der Waals surface area contributed by atoms with Crippen molar-refractivity contribution in [2.24, 2.45) is 5.73 Å². The highest BCUT2D eigenvalue weighted by molar-refractivity contribution is 5.57. The van der Waals surface area contributed by atoms with Gasteiger partial charge in [0.15, 0.2) is 0 Å². The molecule has 0 atom stereocenters. The van der Waals surface area contributed by atoms with E-state index < -0.39 is 0 Å². The maximum Gasteiger partial charge on any atom is 0.0451 e. The van der Waals surface area contributed by atoms with Crippen LogP contribution in [0.1, 0.15) is 22.4 Å². The van der Waals surface area contributed by atoms with E-state index in [2.05, 4.69) is 40.2 Å². The molecule has 0 saturated heterocycles. The van der Waals surface area contributed by atoms with Gasteiger partial charge in [-0.25, -0.2) is 0 Å². The lowest BCUT2D eigenvalue weighted by molar-refractivity contribution is 0.858. The number of aromatic nitrogens is 1. The lowest BCUT2D eigenvalue weighted by Crippen LogP contribution is -2.18. The fourth-order valence-electron chi connectivity index (χ4n) is 2.53. The Bertz CT molecular complexity index is 553. The summed E-state index contributed by atoms with van der Waals surface area (Å²) >= 11 is 0. The normalized spacial score (nSPS) is 13.8. The summed E-state index contributed by atoms with van der Waals surface area (Å²) in [5.74, 6) is 0. The fraction of sp³-hybridized carbons (Fsp3) is 0.267. The Balaban J connectivity index is 1.97. The first kappa shape index (κ1) is 11.2. The van der Waals surface area contributed by atoms with Gasteiger partial charge in [0.05, 0.1) is 0 Å². The van der Waals surface area contributed by atoms with E-state index >= 15 is 0 Å². The van der Waals surface area contributed by atoms with Crippen molar-refractivity contribution in [1.82, 2.24) is 4.98 Å². The monoisotopic (exact) mass is 239 g/mol. The third-order valence-corrected chi connectivity index (χ3v) is 3.50. The molecule has 0 fully saturated rings. The van der Waals surface area contributed by atoms with Crippen LogP contribution in [-0.4, -0.2) is 4.98 Å². The van der Waals surface area contributed by atoms with Crippen molar-refractivity contribution in [1.29, 1.82) is 0 Å². The maximum absolute atomic E-state index is 5.81. The van der Waals surface area contributed by atoms with Crippen LogP contribution in [0, 0.1) is 6.92 Å². The molecule has 2 aromatic rings. The summed E-state index contributed by atoms with van der Waals surface area (Å²) in [6.07, 6.45) is 1.90. The quantitative estimate of drug-likeness (QED) is 0.874. The molecule has 0 saturated carbocycles. The van der Waals surface area contributed by atoms with Crippen LogP contribution in [0.3, 0.4) is 0 Å². The summed E-state index contributed by atoms with van der Waals surface area (Å²) in [6, 6.07) is 10.7. The van der Waals surface area contributed by atoms with Gasteiger partial charge in [-0.1, -0.05) is 24.3 Å². The summed E-state index contributed by atoms with van der Waals surface area (Å²) in [7, 11) is 0. The number of hydrogen-bond acceptors (Lipinski definition) is 3. The van der Waals surface area contributed by atoms with Crippen LogP contribution in [-0.2, 0) is 19.6 Å². The minimum Gasteiger partial charge on any atom is -0.362 e. The number of hydrogen-bond donors (Lipinski definition) is 1. The number of nitrogens with zero attached hydrogens (tertiary/aromatic N) is 2. The highest BCUT2D eigenvalue weighted by Crippen LogP contribution is 2.30. The highest BCUT2D eigenvalue weighted by atomic mass is 15.1. The third kappa shape index (κ3) is 1.87. The average Bonchev–Trinajstić information content (AvgIpc) is 2.82. The molecule has 1 aliphatic heterocycles. The van der Waals surface area contributed by atoms with Crippen molar-refractivity contribution in [2.75, 3.05) is 4.90 Å². The van der Waals surface area contributed by atoms with Crippen LogP contribution < -0.4 is 10.6 Å². The molecule has 0 amide bonds. The number of nitrogens with two attached hydrogens (primary N) is 1. The molecule has 0 radical (unpaired) electrons. The number of fused-ring (bicyclic) bond motifs is 1. The molecule has 0 bridgehead atoms. The predicted molar refractivity (Wildman–Crippen MR) is 73.2 cm³/mol. The number of benzene rings is 1. The Labute approximate surface area is 107 Å². The standard InChI is InChI=1S/C15H17N3/c1-11-6-15(14(7-16)8-17-11)18-9-12-4-2-3-5-13(12)10-18/h2-6,8H,7,9-10,16H2,1H3. The van der Waals surface area contributed by atoms with Gasteiger partial charge >= 0.3 is 0 Å². The zero-order chi connectivity index (χ0) is 12.5. The van der Waals surface area contributed by atoms with Crippen molar-refractivity contribution in [3.05, 3.63) is 58.9 Å².